The smallest absolute Gasteiger partial charge is 0.276 e. The molecule has 1 aromatic carbocycles. The molecular formula is C16H18Cl2N6O. The van der Waals surface area contributed by atoms with Gasteiger partial charge in [-0.2, -0.15) is 0 Å². The molecule has 2 heterocycles. The molecule has 0 radical (unpaired) electrons. The number of hydrogen-bond donors (Lipinski definition) is 4. The summed E-state index contributed by atoms with van der Waals surface area (Å²) in [5.41, 5.74) is 6.71. The van der Waals surface area contributed by atoms with Gasteiger partial charge in [-0.1, -0.05) is 29.3 Å². The highest BCUT2D eigenvalue weighted by Crippen LogP contribution is 2.22. The maximum Gasteiger partial charge on any atom is 0.276 e. The van der Waals surface area contributed by atoms with E-state index >= 15 is 0 Å². The van der Waals surface area contributed by atoms with E-state index in [1.165, 1.54) is 0 Å². The Morgan fingerprint density at radius 3 is 2.96 bits per heavy atom. The van der Waals surface area contributed by atoms with Crippen molar-refractivity contribution >= 4 is 41.1 Å². The van der Waals surface area contributed by atoms with Gasteiger partial charge in [0.15, 0.2) is 0 Å². The van der Waals surface area contributed by atoms with E-state index < -0.39 is 5.56 Å². The first-order valence-corrected chi connectivity index (χ1v) is 8.60. The number of nitrogens with one attached hydrogen (secondary N) is 3. The van der Waals surface area contributed by atoms with Gasteiger partial charge in [0.05, 0.1) is 16.1 Å². The average Bonchev–Trinajstić information content (AvgIpc) is 3.11. The van der Waals surface area contributed by atoms with Gasteiger partial charge >= 0.3 is 0 Å². The van der Waals surface area contributed by atoms with Gasteiger partial charge in [0.2, 0.25) is 5.95 Å². The highest BCUT2D eigenvalue weighted by Gasteiger charge is 2.13. The van der Waals surface area contributed by atoms with E-state index in [1.54, 1.807) is 18.3 Å². The first-order valence-electron chi connectivity index (χ1n) is 7.84. The van der Waals surface area contributed by atoms with Crippen LogP contribution in [0.2, 0.25) is 10.0 Å². The standard InChI is InChI=1S/C16H18Cl2N6O/c17-11-2-1-9(5-12(11)18)6-22-16-23-13(14(19)15(25)24-16)8-21-10-3-4-20-7-10/h1-2,5,8,10,20H,3-4,6-7,19H2,(H2,22,23,24,25). The van der Waals surface area contributed by atoms with E-state index in [1.807, 2.05) is 6.07 Å². The van der Waals surface area contributed by atoms with Gasteiger partial charge in [-0.25, -0.2) is 4.98 Å². The van der Waals surface area contributed by atoms with Gasteiger partial charge in [0, 0.05) is 19.3 Å². The van der Waals surface area contributed by atoms with Crippen LogP contribution in [0.3, 0.4) is 0 Å². The Bertz CT molecular complexity index is 845. The SMILES string of the molecule is Nc1c(C=NC2CCNC2)nc(NCc2ccc(Cl)c(Cl)c2)[nH]c1=O. The van der Waals surface area contributed by atoms with Crippen LogP contribution in [0.4, 0.5) is 11.6 Å². The van der Waals surface area contributed by atoms with Gasteiger partial charge in [-0.3, -0.25) is 14.8 Å². The summed E-state index contributed by atoms with van der Waals surface area (Å²) in [7, 11) is 0. The molecule has 9 heteroatoms. The largest absolute Gasteiger partial charge is 0.392 e. The minimum atomic E-state index is -0.405. The fourth-order valence-electron chi connectivity index (χ4n) is 2.46. The lowest BCUT2D eigenvalue weighted by Crippen LogP contribution is -2.20. The van der Waals surface area contributed by atoms with Crippen LogP contribution in [0.15, 0.2) is 28.0 Å². The van der Waals surface area contributed by atoms with Crippen LogP contribution in [-0.4, -0.2) is 35.3 Å². The topological polar surface area (TPSA) is 108 Å². The molecule has 1 atom stereocenters. The van der Waals surface area contributed by atoms with E-state index in [4.69, 9.17) is 28.9 Å². The Morgan fingerprint density at radius 1 is 1.40 bits per heavy atom. The molecule has 0 saturated carbocycles. The zero-order valence-corrected chi connectivity index (χ0v) is 14.9. The minimum absolute atomic E-state index is 0.0507. The van der Waals surface area contributed by atoms with Crippen molar-refractivity contribution < 1.29 is 0 Å². The molecule has 3 rings (SSSR count). The van der Waals surface area contributed by atoms with Crippen LogP contribution >= 0.6 is 23.2 Å². The van der Waals surface area contributed by atoms with Crippen LogP contribution in [0.25, 0.3) is 0 Å². The lowest BCUT2D eigenvalue weighted by molar-refractivity contribution is 0.747. The zero-order chi connectivity index (χ0) is 17.8. The fourth-order valence-corrected chi connectivity index (χ4v) is 2.78. The maximum atomic E-state index is 12.0. The number of hydrogen-bond acceptors (Lipinski definition) is 6. The summed E-state index contributed by atoms with van der Waals surface area (Å²) in [5, 5.41) is 7.23. The Labute approximate surface area is 154 Å². The Kier molecular flexibility index (Phi) is 5.57. The molecule has 0 bridgehead atoms. The first kappa shape index (κ1) is 17.7. The zero-order valence-electron chi connectivity index (χ0n) is 13.4. The number of benzene rings is 1. The van der Waals surface area contributed by atoms with Crippen LogP contribution in [0, 0.1) is 0 Å². The number of nitrogen functional groups attached to an aromatic ring is 1. The van der Waals surface area contributed by atoms with E-state index in [9.17, 15) is 4.79 Å². The minimum Gasteiger partial charge on any atom is -0.392 e. The molecule has 7 nitrogen and oxygen atoms in total. The molecule has 0 amide bonds. The van der Waals surface area contributed by atoms with Crippen molar-refractivity contribution in [2.24, 2.45) is 4.99 Å². The van der Waals surface area contributed by atoms with Crippen molar-refractivity contribution in [2.75, 3.05) is 24.1 Å². The monoisotopic (exact) mass is 380 g/mol. The number of nitrogens with two attached hydrogens (primary N) is 1. The first-order chi connectivity index (χ1) is 12.0. The summed E-state index contributed by atoms with van der Waals surface area (Å²) in [4.78, 5) is 23.4. The molecule has 1 unspecified atom stereocenters. The van der Waals surface area contributed by atoms with Gasteiger partial charge in [0.1, 0.15) is 11.4 Å². The quantitative estimate of drug-likeness (QED) is 0.593. The van der Waals surface area contributed by atoms with Crippen molar-refractivity contribution in [2.45, 2.75) is 19.0 Å². The molecule has 0 spiro atoms. The van der Waals surface area contributed by atoms with E-state index in [0.29, 0.717) is 28.2 Å². The third-order valence-electron chi connectivity index (χ3n) is 3.87. The second kappa shape index (κ2) is 7.86. The predicted molar refractivity (Wildman–Crippen MR) is 102 cm³/mol. The number of aliphatic imine (C=N–C) groups is 1. The van der Waals surface area contributed by atoms with Crippen molar-refractivity contribution in [1.29, 1.82) is 0 Å². The Balaban J connectivity index is 1.74. The Morgan fingerprint density at radius 2 is 2.24 bits per heavy atom. The van der Waals surface area contributed by atoms with E-state index in [-0.39, 0.29) is 11.7 Å². The van der Waals surface area contributed by atoms with Gasteiger partial charge in [-0.15, -0.1) is 0 Å². The predicted octanol–water partition coefficient (Wildman–Crippen LogP) is 2.05. The summed E-state index contributed by atoms with van der Waals surface area (Å²) in [6, 6.07) is 5.50. The number of nitrogens with zero attached hydrogens (tertiary/aromatic N) is 2. The summed E-state index contributed by atoms with van der Waals surface area (Å²) in [6.45, 7) is 2.19. The van der Waals surface area contributed by atoms with Gasteiger partial charge in [-0.05, 0) is 30.7 Å². The normalized spacial score (nSPS) is 17.3. The highest BCUT2D eigenvalue weighted by molar-refractivity contribution is 6.42. The molecule has 5 N–H and O–H groups in total. The second-order valence-electron chi connectivity index (χ2n) is 5.74. The van der Waals surface area contributed by atoms with Gasteiger partial charge in [0.25, 0.3) is 5.56 Å². The molecule has 1 aromatic heterocycles. The molecule has 132 valence electrons. The number of aromatic amines is 1. The van der Waals surface area contributed by atoms with Crippen LogP contribution in [0.5, 0.6) is 0 Å². The number of rotatable bonds is 5. The second-order valence-corrected chi connectivity index (χ2v) is 6.55. The molecule has 1 fully saturated rings. The summed E-state index contributed by atoms with van der Waals surface area (Å²) in [5.74, 6) is 0.316. The number of H-pyrrole nitrogens is 1. The molecule has 1 aliphatic heterocycles. The van der Waals surface area contributed by atoms with E-state index in [2.05, 4.69) is 25.6 Å². The summed E-state index contributed by atoms with van der Waals surface area (Å²) < 4.78 is 0. The van der Waals surface area contributed by atoms with E-state index in [0.717, 1.165) is 25.1 Å². The average molecular weight is 381 g/mol. The van der Waals surface area contributed by atoms with Crippen LogP contribution in [-0.2, 0) is 6.54 Å². The summed E-state index contributed by atoms with van der Waals surface area (Å²) >= 11 is 11.9. The summed E-state index contributed by atoms with van der Waals surface area (Å²) in [6.07, 6.45) is 2.52. The van der Waals surface area contributed by atoms with Crippen molar-refractivity contribution in [3.8, 4) is 0 Å². The number of anilines is 2. The van der Waals surface area contributed by atoms with Crippen molar-refractivity contribution in [3.63, 3.8) is 0 Å². The molecule has 1 aliphatic rings. The highest BCUT2D eigenvalue weighted by atomic mass is 35.5. The molecular weight excluding hydrogens is 363 g/mol. The third-order valence-corrected chi connectivity index (χ3v) is 4.61. The molecule has 2 aromatic rings. The number of aromatic nitrogens is 2. The third kappa shape index (κ3) is 4.50. The maximum absolute atomic E-state index is 12.0. The van der Waals surface area contributed by atoms with Crippen LogP contribution in [0.1, 0.15) is 17.7 Å². The molecule has 1 saturated heterocycles. The lowest BCUT2D eigenvalue weighted by atomic mass is 10.2. The Hall–Kier alpha value is -2.09. The van der Waals surface area contributed by atoms with Crippen LogP contribution < -0.4 is 21.9 Å². The number of halogens is 2. The molecule has 25 heavy (non-hydrogen) atoms. The lowest BCUT2D eigenvalue weighted by Gasteiger charge is -2.08. The van der Waals surface area contributed by atoms with Crippen molar-refractivity contribution in [3.05, 3.63) is 49.9 Å². The van der Waals surface area contributed by atoms with Crippen molar-refractivity contribution in [1.82, 2.24) is 15.3 Å². The molecule has 0 aliphatic carbocycles. The van der Waals surface area contributed by atoms with Gasteiger partial charge < -0.3 is 16.4 Å². The fraction of sp³-hybridized carbons (Fsp3) is 0.312.